The van der Waals surface area contributed by atoms with Gasteiger partial charge in [0, 0.05) is 5.56 Å². The van der Waals surface area contributed by atoms with Crippen LogP contribution in [0.2, 0.25) is 0 Å². The fourth-order valence-electron chi connectivity index (χ4n) is 1.67. The van der Waals surface area contributed by atoms with E-state index in [9.17, 15) is 13.2 Å². The Labute approximate surface area is 107 Å². The van der Waals surface area contributed by atoms with Gasteiger partial charge in [0.25, 0.3) is 0 Å². The topological polar surface area (TPSA) is 62.7 Å². The minimum Gasteiger partial charge on any atom is -0.383 e. The summed E-state index contributed by atoms with van der Waals surface area (Å²) in [6, 6.07) is 10.9. The van der Waals surface area contributed by atoms with Gasteiger partial charge in [-0.05, 0) is 11.6 Å². The van der Waals surface area contributed by atoms with E-state index in [0.717, 1.165) is 6.07 Å². The number of hydrogen-bond donors (Lipinski definition) is 1. The van der Waals surface area contributed by atoms with Crippen molar-refractivity contribution in [3.05, 3.63) is 47.7 Å². The van der Waals surface area contributed by atoms with E-state index in [4.69, 9.17) is 11.0 Å². The van der Waals surface area contributed by atoms with Crippen LogP contribution in [0.3, 0.4) is 0 Å². The highest BCUT2D eigenvalue weighted by Crippen LogP contribution is 2.34. The van der Waals surface area contributed by atoms with Gasteiger partial charge in [0.15, 0.2) is 0 Å². The van der Waals surface area contributed by atoms with E-state index in [-0.39, 0.29) is 11.1 Å². The predicted octanol–water partition coefficient (Wildman–Crippen LogP) is 3.22. The number of anilines is 1. The molecule has 0 unspecified atom stereocenters. The SMILES string of the molecule is N#Cc1c(-c2ccccc2)cc(C(F)(F)F)nc1N. The number of nitrogens with two attached hydrogens (primary N) is 1. The zero-order valence-electron chi connectivity index (χ0n) is 9.57. The van der Waals surface area contributed by atoms with Crippen LogP contribution in [0.4, 0.5) is 19.0 Å². The molecular weight excluding hydrogens is 255 g/mol. The zero-order valence-corrected chi connectivity index (χ0v) is 9.57. The summed E-state index contributed by atoms with van der Waals surface area (Å²) in [6.07, 6.45) is -4.61. The molecule has 0 saturated carbocycles. The number of rotatable bonds is 1. The second-order valence-corrected chi connectivity index (χ2v) is 3.79. The molecular formula is C13H8F3N3. The Morgan fingerprint density at radius 3 is 2.32 bits per heavy atom. The molecule has 2 rings (SSSR count). The first-order valence-electron chi connectivity index (χ1n) is 5.26. The number of aromatic nitrogens is 1. The first kappa shape index (κ1) is 12.9. The molecule has 0 aliphatic heterocycles. The molecule has 0 spiro atoms. The summed E-state index contributed by atoms with van der Waals surface area (Å²) in [5, 5.41) is 9.00. The summed E-state index contributed by atoms with van der Waals surface area (Å²) in [5.74, 6) is -0.420. The van der Waals surface area contributed by atoms with Crippen LogP contribution in [0.1, 0.15) is 11.3 Å². The molecule has 3 nitrogen and oxygen atoms in total. The molecule has 19 heavy (non-hydrogen) atoms. The van der Waals surface area contributed by atoms with E-state index in [1.54, 1.807) is 36.4 Å². The minimum absolute atomic E-state index is 0.0563. The zero-order chi connectivity index (χ0) is 14.0. The highest BCUT2D eigenvalue weighted by molar-refractivity contribution is 5.75. The summed E-state index contributed by atoms with van der Waals surface area (Å²) >= 11 is 0. The van der Waals surface area contributed by atoms with Gasteiger partial charge in [0.2, 0.25) is 0 Å². The molecule has 0 saturated heterocycles. The second-order valence-electron chi connectivity index (χ2n) is 3.79. The van der Waals surface area contributed by atoms with E-state index in [1.165, 1.54) is 0 Å². The molecule has 0 fully saturated rings. The molecule has 96 valence electrons. The molecule has 0 aliphatic carbocycles. The summed E-state index contributed by atoms with van der Waals surface area (Å²) in [4.78, 5) is 3.23. The molecule has 0 atom stereocenters. The molecule has 2 N–H and O–H groups in total. The average molecular weight is 263 g/mol. The van der Waals surface area contributed by atoms with E-state index in [2.05, 4.69) is 4.98 Å². The lowest BCUT2D eigenvalue weighted by Gasteiger charge is -2.11. The third kappa shape index (κ3) is 2.50. The number of nitrogens with zero attached hydrogens (tertiary/aromatic N) is 2. The molecule has 1 aromatic carbocycles. The van der Waals surface area contributed by atoms with Crippen LogP contribution in [-0.2, 0) is 6.18 Å². The van der Waals surface area contributed by atoms with Crippen LogP contribution in [0.5, 0.6) is 0 Å². The summed E-state index contributed by atoms with van der Waals surface area (Å²) in [6.45, 7) is 0. The van der Waals surface area contributed by atoms with Crippen molar-refractivity contribution in [2.45, 2.75) is 6.18 Å². The second kappa shape index (κ2) is 4.61. The Kier molecular flexibility index (Phi) is 3.13. The maximum Gasteiger partial charge on any atom is 0.433 e. The van der Waals surface area contributed by atoms with Crippen LogP contribution in [0.25, 0.3) is 11.1 Å². The van der Waals surface area contributed by atoms with Crippen LogP contribution in [-0.4, -0.2) is 4.98 Å². The van der Waals surface area contributed by atoms with Gasteiger partial charge in [-0.2, -0.15) is 18.4 Å². The van der Waals surface area contributed by atoms with Crippen LogP contribution in [0, 0.1) is 11.3 Å². The molecule has 0 radical (unpaired) electrons. The summed E-state index contributed by atoms with van der Waals surface area (Å²) < 4.78 is 38.1. The molecule has 1 aromatic heterocycles. The van der Waals surface area contributed by atoms with Gasteiger partial charge in [-0.3, -0.25) is 0 Å². The van der Waals surface area contributed by atoms with Gasteiger partial charge in [0.1, 0.15) is 23.1 Å². The maximum absolute atomic E-state index is 12.7. The minimum atomic E-state index is -4.61. The van der Waals surface area contributed by atoms with Gasteiger partial charge in [-0.15, -0.1) is 0 Å². The lowest BCUT2D eigenvalue weighted by atomic mass is 10.0. The van der Waals surface area contributed by atoms with E-state index in [1.807, 2.05) is 0 Å². The van der Waals surface area contributed by atoms with Gasteiger partial charge >= 0.3 is 6.18 Å². The predicted molar refractivity (Wildman–Crippen MR) is 63.8 cm³/mol. The van der Waals surface area contributed by atoms with Gasteiger partial charge in [-0.1, -0.05) is 30.3 Å². The number of halogens is 3. The lowest BCUT2D eigenvalue weighted by Crippen LogP contribution is -2.11. The number of nitrogen functional groups attached to an aromatic ring is 1. The van der Waals surface area contributed by atoms with Crippen LogP contribution >= 0.6 is 0 Å². The Hall–Kier alpha value is -2.55. The Morgan fingerprint density at radius 1 is 1.16 bits per heavy atom. The van der Waals surface area contributed by atoms with E-state index >= 15 is 0 Å². The summed E-state index contributed by atoms with van der Waals surface area (Å²) in [5.41, 5.74) is 4.88. The van der Waals surface area contributed by atoms with Crippen LogP contribution < -0.4 is 5.73 Å². The van der Waals surface area contributed by atoms with Gasteiger partial charge in [-0.25, -0.2) is 4.98 Å². The van der Waals surface area contributed by atoms with Gasteiger partial charge in [0.05, 0.1) is 0 Å². The smallest absolute Gasteiger partial charge is 0.383 e. The molecule has 1 heterocycles. The standard InChI is InChI=1S/C13H8F3N3/c14-13(15,16)11-6-9(8-4-2-1-3-5-8)10(7-17)12(18)19-11/h1-6H,(H2,18,19). The third-order valence-electron chi connectivity index (χ3n) is 2.53. The van der Waals surface area contributed by atoms with Crippen molar-refractivity contribution in [2.24, 2.45) is 0 Å². The number of alkyl halides is 3. The Balaban J connectivity index is 2.72. The first-order chi connectivity index (χ1) is 8.93. The molecule has 2 aromatic rings. The number of hydrogen-bond acceptors (Lipinski definition) is 3. The average Bonchev–Trinajstić information content (AvgIpc) is 2.37. The van der Waals surface area contributed by atoms with Crippen LogP contribution in [0.15, 0.2) is 36.4 Å². The van der Waals surface area contributed by atoms with Gasteiger partial charge < -0.3 is 5.73 Å². The largest absolute Gasteiger partial charge is 0.433 e. The third-order valence-corrected chi connectivity index (χ3v) is 2.53. The van der Waals surface area contributed by atoms with Crippen molar-refractivity contribution in [2.75, 3.05) is 5.73 Å². The fourth-order valence-corrected chi connectivity index (χ4v) is 1.67. The highest BCUT2D eigenvalue weighted by atomic mass is 19.4. The number of nitriles is 1. The normalized spacial score (nSPS) is 11.1. The molecule has 6 heteroatoms. The molecule has 0 bridgehead atoms. The number of benzene rings is 1. The fraction of sp³-hybridized carbons (Fsp3) is 0.0769. The van der Waals surface area contributed by atoms with Crippen molar-refractivity contribution < 1.29 is 13.2 Å². The van der Waals surface area contributed by atoms with Crippen molar-refractivity contribution in [3.8, 4) is 17.2 Å². The van der Waals surface area contributed by atoms with Crippen molar-refractivity contribution >= 4 is 5.82 Å². The first-order valence-corrected chi connectivity index (χ1v) is 5.26. The maximum atomic E-state index is 12.7. The monoisotopic (exact) mass is 263 g/mol. The van der Waals surface area contributed by atoms with Crippen molar-refractivity contribution in [3.63, 3.8) is 0 Å². The van der Waals surface area contributed by atoms with E-state index in [0.29, 0.717) is 5.56 Å². The van der Waals surface area contributed by atoms with E-state index < -0.39 is 17.7 Å². The Bertz CT molecular complexity index is 643. The molecule has 0 aliphatic rings. The summed E-state index contributed by atoms with van der Waals surface area (Å²) in [7, 11) is 0. The number of pyridine rings is 1. The molecule has 0 amide bonds. The quantitative estimate of drug-likeness (QED) is 0.859. The highest BCUT2D eigenvalue weighted by Gasteiger charge is 2.34. The van der Waals surface area contributed by atoms with Crippen molar-refractivity contribution in [1.82, 2.24) is 4.98 Å². The Morgan fingerprint density at radius 2 is 1.79 bits per heavy atom. The van der Waals surface area contributed by atoms with Crippen molar-refractivity contribution in [1.29, 1.82) is 5.26 Å². The lowest BCUT2D eigenvalue weighted by molar-refractivity contribution is -0.141.